The largest absolute Gasteiger partial charge is 0.297 e. The summed E-state index contributed by atoms with van der Waals surface area (Å²) in [6.07, 6.45) is 4.07. The van der Waals surface area contributed by atoms with Gasteiger partial charge in [-0.1, -0.05) is 13.8 Å². The standard InChI is InChI=1S/C10H17N/c1-10(2)7-4-5-9(11-3)8(10)6-7/h7-8H,4-6H2,1-3H3. The number of fused-ring (bicyclic) bond motifs is 2. The SMILES string of the molecule is CN=C1CCC2CC1C2(C)C. The first-order valence-electron chi connectivity index (χ1n) is 4.62. The maximum atomic E-state index is 4.38. The molecule has 3 aliphatic carbocycles. The van der Waals surface area contributed by atoms with Gasteiger partial charge in [0.05, 0.1) is 0 Å². The minimum absolute atomic E-state index is 0.576. The van der Waals surface area contributed by atoms with Gasteiger partial charge in [0.2, 0.25) is 0 Å². The van der Waals surface area contributed by atoms with Crippen LogP contribution in [0.25, 0.3) is 0 Å². The first-order chi connectivity index (χ1) is 5.16. The molecule has 2 bridgehead atoms. The number of rotatable bonds is 0. The molecule has 0 aromatic heterocycles. The number of hydrogen-bond acceptors (Lipinski definition) is 1. The van der Waals surface area contributed by atoms with Crippen LogP contribution in [0, 0.1) is 17.3 Å². The average Bonchev–Trinajstić information content (AvgIpc) is 2.04. The zero-order valence-electron chi connectivity index (χ0n) is 7.72. The van der Waals surface area contributed by atoms with Gasteiger partial charge in [0.25, 0.3) is 0 Å². The van der Waals surface area contributed by atoms with Crippen LogP contribution in [0.4, 0.5) is 0 Å². The highest BCUT2D eigenvalue weighted by atomic mass is 14.7. The normalized spacial score (nSPS) is 43.7. The Bertz CT molecular complexity index is 201. The van der Waals surface area contributed by atoms with Crippen LogP contribution in [0.2, 0.25) is 0 Å². The number of aliphatic imine (C=N–C) groups is 1. The quantitative estimate of drug-likeness (QED) is 0.504. The second kappa shape index (κ2) is 2.09. The number of nitrogens with zero attached hydrogens (tertiary/aromatic N) is 1. The van der Waals surface area contributed by atoms with E-state index in [9.17, 15) is 0 Å². The lowest BCUT2D eigenvalue weighted by Gasteiger charge is -2.57. The summed E-state index contributed by atoms with van der Waals surface area (Å²) in [6, 6.07) is 0. The van der Waals surface area contributed by atoms with Gasteiger partial charge in [-0.3, -0.25) is 4.99 Å². The summed E-state index contributed by atoms with van der Waals surface area (Å²) in [5, 5.41) is 0. The summed E-state index contributed by atoms with van der Waals surface area (Å²) in [4.78, 5) is 4.38. The Morgan fingerprint density at radius 3 is 2.55 bits per heavy atom. The van der Waals surface area contributed by atoms with E-state index in [1.165, 1.54) is 25.0 Å². The minimum Gasteiger partial charge on any atom is -0.297 e. The fraction of sp³-hybridized carbons (Fsp3) is 0.900. The Morgan fingerprint density at radius 2 is 2.18 bits per heavy atom. The van der Waals surface area contributed by atoms with E-state index in [1.54, 1.807) is 0 Å². The van der Waals surface area contributed by atoms with Crippen molar-refractivity contribution < 1.29 is 0 Å². The molecule has 62 valence electrons. The van der Waals surface area contributed by atoms with E-state index in [0.717, 1.165) is 11.8 Å². The highest BCUT2D eigenvalue weighted by molar-refractivity contribution is 5.89. The Labute approximate surface area is 68.9 Å². The third-order valence-corrected chi connectivity index (χ3v) is 3.91. The van der Waals surface area contributed by atoms with Gasteiger partial charge in [-0.2, -0.15) is 0 Å². The van der Waals surface area contributed by atoms with Gasteiger partial charge in [-0.25, -0.2) is 0 Å². The molecule has 3 saturated carbocycles. The molecule has 0 N–H and O–H groups in total. The van der Waals surface area contributed by atoms with Crippen molar-refractivity contribution in [2.24, 2.45) is 22.2 Å². The van der Waals surface area contributed by atoms with Gasteiger partial charge in [0.15, 0.2) is 0 Å². The first-order valence-corrected chi connectivity index (χ1v) is 4.62. The van der Waals surface area contributed by atoms with Crippen molar-refractivity contribution in [2.45, 2.75) is 33.1 Å². The van der Waals surface area contributed by atoms with Crippen LogP contribution in [0.3, 0.4) is 0 Å². The lowest BCUT2D eigenvalue weighted by Crippen LogP contribution is -2.52. The van der Waals surface area contributed by atoms with Gasteiger partial charge in [-0.15, -0.1) is 0 Å². The monoisotopic (exact) mass is 151 g/mol. The van der Waals surface area contributed by atoms with E-state index in [4.69, 9.17) is 0 Å². The molecule has 1 nitrogen and oxygen atoms in total. The van der Waals surface area contributed by atoms with Crippen LogP contribution >= 0.6 is 0 Å². The molecule has 2 unspecified atom stereocenters. The van der Waals surface area contributed by atoms with E-state index in [1.807, 2.05) is 7.05 Å². The Hall–Kier alpha value is -0.330. The lowest BCUT2D eigenvalue weighted by molar-refractivity contribution is 0.00146. The van der Waals surface area contributed by atoms with Gasteiger partial charge in [-0.05, 0) is 30.6 Å². The molecule has 1 heteroatoms. The van der Waals surface area contributed by atoms with Gasteiger partial charge < -0.3 is 0 Å². The molecular weight excluding hydrogens is 134 g/mol. The van der Waals surface area contributed by atoms with E-state index in [2.05, 4.69) is 18.8 Å². The van der Waals surface area contributed by atoms with E-state index >= 15 is 0 Å². The van der Waals surface area contributed by atoms with E-state index < -0.39 is 0 Å². The zero-order chi connectivity index (χ0) is 8.06. The topological polar surface area (TPSA) is 12.4 Å². The first kappa shape index (κ1) is 7.33. The Balaban J connectivity index is 2.23. The molecule has 0 heterocycles. The maximum Gasteiger partial charge on any atom is 0.0276 e. The summed E-state index contributed by atoms with van der Waals surface area (Å²) in [7, 11) is 1.95. The third-order valence-electron chi connectivity index (χ3n) is 3.91. The molecule has 3 aliphatic rings. The predicted molar refractivity (Wildman–Crippen MR) is 48.0 cm³/mol. The minimum atomic E-state index is 0.576. The van der Waals surface area contributed by atoms with Crippen molar-refractivity contribution in [2.75, 3.05) is 7.05 Å². The van der Waals surface area contributed by atoms with Crippen molar-refractivity contribution in [1.29, 1.82) is 0 Å². The van der Waals surface area contributed by atoms with Crippen LogP contribution in [-0.4, -0.2) is 12.8 Å². The molecule has 0 aromatic rings. The van der Waals surface area contributed by atoms with Gasteiger partial charge in [0, 0.05) is 18.7 Å². The molecule has 0 spiro atoms. The molecular formula is C10H17N. The van der Waals surface area contributed by atoms with Crippen LogP contribution in [-0.2, 0) is 0 Å². The molecule has 0 radical (unpaired) electrons. The Kier molecular flexibility index (Phi) is 1.39. The molecule has 0 saturated heterocycles. The van der Waals surface area contributed by atoms with Crippen molar-refractivity contribution in [3.63, 3.8) is 0 Å². The van der Waals surface area contributed by atoms with Gasteiger partial charge >= 0.3 is 0 Å². The summed E-state index contributed by atoms with van der Waals surface area (Å²) in [6.45, 7) is 4.80. The van der Waals surface area contributed by atoms with E-state index in [0.29, 0.717) is 5.41 Å². The molecule has 3 rings (SSSR count). The molecule has 0 aromatic carbocycles. The smallest absolute Gasteiger partial charge is 0.0276 e. The van der Waals surface area contributed by atoms with E-state index in [-0.39, 0.29) is 0 Å². The summed E-state index contributed by atoms with van der Waals surface area (Å²) >= 11 is 0. The van der Waals surface area contributed by atoms with Crippen LogP contribution in [0.5, 0.6) is 0 Å². The van der Waals surface area contributed by atoms with Crippen molar-refractivity contribution in [1.82, 2.24) is 0 Å². The second-order valence-electron chi connectivity index (χ2n) is 4.56. The predicted octanol–water partition coefficient (Wildman–Crippen LogP) is 2.51. The third kappa shape index (κ3) is 0.800. The van der Waals surface area contributed by atoms with Crippen molar-refractivity contribution in [3.05, 3.63) is 0 Å². The summed E-state index contributed by atoms with van der Waals surface area (Å²) in [5.74, 6) is 1.82. The molecule has 0 amide bonds. The average molecular weight is 151 g/mol. The number of hydrogen-bond donors (Lipinski definition) is 0. The van der Waals surface area contributed by atoms with Crippen LogP contribution < -0.4 is 0 Å². The zero-order valence-corrected chi connectivity index (χ0v) is 7.72. The van der Waals surface area contributed by atoms with Crippen molar-refractivity contribution >= 4 is 5.71 Å². The highest BCUT2D eigenvalue weighted by Gasteiger charge is 2.52. The molecule has 2 atom stereocenters. The molecule has 11 heavy (non-hydrogen) atoms. The fourth-order valence-corrected chi connectivity index (χ4v) is 2.84. The molecule has 0 aliphatic heterocycles. The fourth-order valence-electron chi connectivity index (χ4n) is 2.84. The highest BCUT2D eigenvalue weighted by Crippen LogP contribution is 2.57. The lowest BCUT2D eigenvalue weighted by atomic mass is 9.48. The Morgan fingerprint density at radius 1 is 1.45 bits per heavy atom. The summed E-state index contributed by atoms with van der Waals surface area (Å²) < 4.78 is 0. The maximum absolute atomic E-state index is 4.38. The molecule has 3 fully saturated rings. The van der Waals surface area contributed by atoms with Crippen molar-refractivity contribution in [3.8, 4) is 0 Å². The van der Waals surface area contributed by atoms with Crippen LogP contribution in [0.15, 0.2) is 4.99 Å². The second-order valence-corrected chi connectivity index (χ2v) is 4.56. The van der Waals surface area contributed by atoms with Gasteiger partial charge in [0.1, 0.15) is 0 Å². The van der Waals surface area contributed by atoms with Crippen LogP contribution in [0.1, 0.15) is 33.1 Å². The summed E-state index contributed by atoms with van der Waals surface area (Å²) in [5.41, 5.74) is 2.06.